The van der Waals surface area contributed by atoms with E-state index in [9.17, 15) is 61.0 Å². The van der Waals surface area contributed by atoms with Crippen LogP contribution >= 0.6 is 0 Å². The second kappa shape index (κ2) is 63.9. The number of aliphatic hydroxyl groups is 11. The van der Waals surface area contributed by atoms with E-state index in [1.54, 1.807) is 6.08 Å². The fraction of sp³-hybridized carbons (Fsp3) is 0.916. The molecular weight excluding hydrogens is 1300 g/mol. The minimum atomic E-state index is -1.98. The second-order valence-corrected chi connectivity index (χ2v) is 30.3. The summed E-state index contributed by atoms with van der Waals surface area (Å²) in [7, 11) is 0. The zero-order chi connectivity index (χ0) is 73.9. The molecule has 0 aromatic heterocycles. The highest BCUT2D eigenvalue weighted by Crippen LogP contribution is 2.33. The zero-order valence-electron chi connectivity index (χ0n) is 64.4. The number of carbonyl (C=O) groups is 1. The van der Waals surface area contributed by atoms with Gasteiger partial charge in [-0.05, 0) is 44.9 Å². The van der Waals surface area contributed by atoms with Crippen LogP contribution in [0.4, 0.5) is 0 Å². The van der Waals surface area contributed by atoms with Crippen molar-refractivity contribution in [2.24, 2.45) is 0 Å². The van der Waals surface area contributed by atoms with E-state index in [0.29, 0.717) is 12.8 Å². The van der Waals surface area contributed by atoms with Gasteiger partial charge in [0.2, 0.25) is 5.91 Å². The maximum Gasteiger partial charge on any atom is 0.220 e. The number of allylic oxidation sites excluding steroid dienone is 5. The van der Waals surface area contributed by atoms with Crippen LogP contribution in [0.15, 0.2) is 36.5 Å². The number of carbonyl (C=O) groups excluding carboxylic acids is 1. The molecule has 17 atom stereocenters. The van der Waals surface area contributed by atoms with E-state index in [1.165, 1.54) is 276 Å². The molecule has 0 bridgehead atoms. The van der Waals surface area contributed by atoms with Crippen molar-refractivity contribution in [3.63, 3.8) is 0 Å². The standard InChI is InChI=1S/C83H155NO18/c1-3-5-7-9-11-13-15-17-19-21-23-25-27-29-31-32-33-34-35-36-38-40-42-44-46-48-50-52-54-56-58-60-67(88)66(84-71(89)61-59-57-55-53-51-49-47-45-43-41-39-37-30-28-26-24-22-20-18-16-14-12-10-8-6-4-2)65-97-81-77(95)74(92)79(69(63-86)99-81)102-83-78(96)75(93)80(70(64-87)100-83)101-82-76(94)73(91)72(90)68(62-85)98-82/h42,44,50,52,58,60,66-70,72-83,85-88,90-96H,3-41,43,45-49,51,53-57,59,61-65H2,1-2H3,(H,84,89)/b44-42+,52-50+,60-58+. The Morgan fingerprint density at radius 3 is 0.980 bits per heavy atom. The Bertz CT molecular complexity index is 1980. The molecule has 19 heteroatoms. The fourth-order valence-corrected chi connectivity index (χ4v) is 14.4. The number of ether oxygens (including phenoxy) is 6. The van der Waals surface area contributed by atoms with Crippen molar-refractivity contribution in [2.45, 2.75) is 458 Å². The molecule has 3 heterocycles. The van der Waals surface area contributed by atoms with Crippen LogP contribution in [0, 0.1) is 0 Å². The van der Waals surface area contributed by atoms with Gasteiger partial charge in [-0.15, -0.1) is 0 Å². The van der Waals surface area contributed by atoms with Crippen molar-refractivity contribution in [2.75, 3.05) is 26.4 Å². The lowest BCUT2D eigenvalue weighted by molar-refractivity contribution is -0.379. The van der Waals surface area contributed by atoms with Crippen molar-refractivity contribution in [3.05, 3.63) is 36.5 Å². The molecule has 17 unspecified atom stereocenters. The summed E-state index contributed by atoms with van der Waals surface area (Å²) in [5, 5.41) is 121. The molecule has 19 nitrogen and oxygen atoms in total. The SMILES string of the molecule is CCCCCCCCCCCCCCCCCCCCCCC/C=C/CC/C=C/CC/C=C/C(O)C(COC1OC(CO)C(OC2OC(CO)C(OC3OC(CO)C(O)C(O)C3O)C(O)C2O)C(O)C1O)NC(=O)CCCCCCCCCCCCCCCCCCCCCCCCCCCC. The lowest BCUT2D eigenvalue weighted by Gasteiger charge is -2.48. The smallest absolute Gasteiger partial charge is 0.220 e. The molecule has 0 aromatic carbocycles. The summed E-state index contributed by atoms with van der Waals surface area (Å²) in [6.07, 6.45) is 52.9. The third-order valence-corrected chi connectivity index (χ3v) is 21.2. The van der Waals surface area contributed by atoms with Gasteiger partial charge >= 0.3 is 0 Å². The maximum atomic E-state index is 13.5. The summed E-state index contributed by atoms with van der Waals surface area (Å²) in [5.74, 6) is -0.282. The molecule has 600 valence electrons. The molecule has 3 saturated heterocycles. The van der Waals surface area contributed by atoms with Gasteiger partial charge in [-0.25, -0.2) is 0 Å². The molecule has 0 aliphatic carbocycles. The first kappa shape index (κ1) is 94.2. The average Bonchev–Trinajstić information content (AvgIpc) is 0.780. The zero-order valence-corrected chi connectivity index (χ0v) is 64.4. The van der Waals surface area contributed by atoms with Crippen molar-refractivity contribution in [3.8, 4) is 0 Å². The minimum absolute atomic E-state index is 0.236. The topological polar surface area (TPSA) is 307 Å². The monoisotopic (exact) mass is 1450 g/mol. The van der Waals surface area contributed by atoms with Crippen LogP contribution in [-0.2, 0) is 33.2 Å². The average molecular weight is 1460 g/mol. The summed E-state index contributed by atoms with van der Waals surface area (Å²) >= 11 is 0. The van der Waals surface area contributed by atoms with E-state index in [1.807, 2.05) is 6.08 Å². The molecule has 12 N–H and O–H groups in total. The first-order valence-corrected chi connectivity index (χ1v) is 42.2. The van der Waals surface area contributed by atoms with Gasteiger partial charge in [0.25, 0.3) is 0 Å². The van der Waals surface area contributed by atoms with E-state index in [-0.39, 0.29) is 18.9 Å². The van der Waals surface area contributed by atoms with Gasteiger partial charge in [-0.2, -0.15) is 0 Å². The highest BCUT2D eigenvalue weighted by Gasteiger charge is 2.54. The number of unbranched alkanes of at least 4 members (excludes halogenated alkanes) is 48. The van der Waals surface area contributed by atoms with Crippen LogP contribution in [0.25, 0.3) is 0 Å². The van der Waals surface area contributed by atoms with Crippen molar-refractivity contribution in [1.82, 2.24) is 5.32 Å². The quantitative estimate of drug-likeness (QED) is 0.0199. The Morgan fingerprint density at radius 1 is 0.343 bits per heavy atom. The molecule has 0 saturated carbocycles. The van der Waals surface area contributed by atoms with Crippen molar-refractivity contribution >= 4 is 5.91 Å². The highest BCUT2D eigenvalue weighted by molar-refractivity contribution is 5.76. The van der Waals surface area contributed by atoms with E-state index in [2.05, 4.69) is 43.5 Å². The Hall–Kier alpha value is -1.99. The molecule has 3 aliphatic rings. The number of rotatable bonds is 68. The molecule has 1 amide bonds. The lowest BCUT2D eigenvalue weighted by atomic mass is 9.96. The van der Waals surface area contributed by atoms with Crippen LogP contribution in [0.2, 0.25) is 0 Å². The molecule has 3 fully saturated rings. The molecular formula is C83H155NO18. The number of aliphatic hydroxyl groups excluding tert-OH is 11. The minimum Gasteiger partial charge on any atom is -0.394 e. The highest BCUT2D eigenvalue weighted by atomic mass is 16.8. The van der Waals surface area contributed by atoms with Crippen LogP contribution in [0.1, 0.15) is 354 Å². The number of amides is 1. The molecule has 3 rings (SSSR count). The van der Waals surface area contributed by atoms with Gasteiger partial charge in [0, 0.05) is 6.42 Å². The van der Waals surface area contributed by atoms with Gasteiger partial charge < -0.3 is 89.9 Å². The fourth-order valence-electron chi connectivity index (χ4n) is 14.4. The largest absolute Gasteiger partial charge is 0.394 e. The van der Waals surface area contributed by atoms with Gasteiger partial charge in [0.05, 0.1) is 38.6 Å². The van der Waals surface area contributed by atoms with Crippen LogP contribution in [0.3, 0.4) is 0 Å². The molecule has 102 heavy (non-hydrogen) atoms. The first-order valence-electron chi connectivity index (χ1n) is 42.2. The van der Waals surface area contributed by atoms with Crippen LogP contribution < -0.4 is 5.32 Å². The Kier molecular flexibility index (Phi) is 59.0. The molecule has 3 aliphatic heterocycles. The van der Waals surface area contributed by atoms with Crippen molar-refractivity contribution in [1.29, 1.82) is 0 Å². The predicted octanol–water partition coefficient (Wildman–Crippen LogP) is 14.7. The number of hydrogen-bond acceptors (Lipinski definition) is 18. The van der Waals surface area contributed by atoms with E-state index >= 15 is 0 Å². The van der Waals surface area contributed by atoms with Crippen molar-refractivity contribution < 1.29 is 89.4 Å². The normalized spacial score (nSPS) is 26.3. The van der Waals surface area contributed by atoms with Crippen LogP contribution in [-0.4, -0.2) is 193 Å². The van der Waals surface area contributed by atoms with E-state index < -0.39 is 124 Å². The second-order valence-electron chi connectivity index (χ2n) is 30.3. The lowest BCUT2D eigenvalue weighted by Crippen LogP contribution is -2.66. The number of hydrogen-bond donors (Lipinski definition) is 12. The Morgan fingerprint density at radius 2 is 0.627 bits per heavy atom. The van der Waals surface area contributed by atoms with E-state index in [4.69, 9.17) is 28.4 Å². The third kappa shape index (κ3) is 43.3. The Labute approximate surface area is 619 Å². The first-order chi connectivity index (χ1) is 49.8. The maximum absolute atomic E-state index is 13.5. The van der Waals surface area contributed by atoms with Crippen LogP contribution in [0.5, 0.6) is 0 Å². The third-order valence-electron chi connectivity index (χ3n) is 21.2. The molecule has 0 aromatic rings. The van der Waals surface area contributed by atoms with Gasteiger partial charge in [-0.3, -0.25) is 4.79 Å². The molecule has 0 radical (unpaired) electrons. The predicted molar refractivity (Wildman–Crippen MR) is 406 cm³/mol. The summed E-state index contributed by atoms with van der Waals surface area (Å²) in [6, 6.07) is -0.996. The van der Waals surface area contributed by atoms with Gasteiger partial charge in [-0.1, -0.05) is 339 Å². The summed E-state index contributed by atoms with van der Waals surface area (Å²) in [6.45, 7) is 1.77. The van der Waals surface area contributed by atoms with Gasteiger partial charge in [0.1, 0.15) is 73.2 Å². The van der Waals surface area contributed by atoms with E-state index in [0.717, 1.165) is 44.9 Å². The summed E-state index contributed by atoms with van der Waals surface area (Å²) in [4.78, 5) is 13.5. The number of nitrogens with one attached hydrogen (secondary N) is 1. The van der Waals surface area contributed by atoms with Gasteiger partial charge in [0.15, 0.2) is 18.9 Å². The molecule has 0 spiro atoms. The summed E-state index contributed by atoms with van der Waals surface area (Å²) < 4.78 is 34.5. The summed E-state index contributed by atoms with van der Waals surface area (Å²) in [5.41, 5.74) is 0. The Balaban J connectivity index is 1.38.